The minimum Gasteiger partial charge on any atom is -0.493 e. The van der Waals surface area contributed by atoms with Crippen LogP contribution in [0.25, 0.3) is 0 Å². The van der Waals surface area contributed by atoms with E-state index in [0.29, 0.717) is 23.8 Å². The molecule has 0 amide bonds. The summed E-state index contributed by atoms with van der Waals surface area (Å²) in [5, 5.41) is 21.1. The van der Waals surface area contributed by atoms with Crippen LogP contribution in [0.2, 0.25) is 0 Å². The fraction of sp³-hybridized carbons (Fsp3) is 0.538. The summed E-state index contributed by atoms with van der Waals surface area (Å²) < 4.78 is 15.8. The summed E-state index contributed by atoms with van der Waals surface area (Å²) in [6, 6.07) is 3.27. The number of benzene rings is 1. The van der Waals surface area contributed by atoms with Gasteiger partial charge in [-0.25, -0.2) is 0 Å². The van der Waals surface area contributed by atoms with Crippen LogP contribution < -0.4 is 19.5 Å². The first kappa shape index (κ1) is 15.6. The standard InChI is InChI=1S/C13H21NO5/c1-17-11-5-4-9(6-14-10(7-15)8-16)12(18-2)13(11)19-3/h4-5,10,14-16H,6-8H2,1-3H3. The minimum absolute atomic E-state index is 0.133. The number of hydrogen-bond acceptors (Lipinski definition) is 6. The molecule has 0 aromatic heterocycles. The average Bonchev–Trinajstić information content (AvgIpc) is 2.47. The molecule has 0 radical (unpaired) electrons. The van der Waals surface area contributed by atoms with Crippen molar-refractivity contribution in [2.75, 3.05) is 34.5 Å². The van der Waals surface area contributed by atoms with E-state index in [4.69, 9.17) is 24.4 Å². The third-order valence-corrected chi connectivity index (χ3v) is 2.81. The van der Waals surface area contributed by atoms with E-state index in [1.165, 1.54) is 0 Å². The van der Waals surface area contributed by atoms with E-state index < -0.39 is 0 Å². The van der Waals surface area contributed by atoms with Gasteiger partial charge in [0.2, 0.25) is 5.75 Å². The van der Waals surface area contributed by atoms with Crippen LogP contribution in [-0.4, -0.2) is 50.8 Å². The molecule has 1 aromatic rings. The lowest BCUT2D eigenvalue weighted by atomic mass is 10.1. The Balaban J connectivity index is 2.94. The van der Waals surface area contributed by atoms with E-state index in [2.05, 4.69) is 5.32 Å². The van der Waals surface area contributed by atoms with Gasteiger partial charge in [-0.15, -0.1) is 0 Å². The summed E-state index contributed by atoms with van der Waals surface area (Å²) in [7, 11) is 4.65. The van der Waals surface area contributed by atoms with E-state index in [0.717, 1.165) is 5.56 Å². The predicted molar refractivity (Wildman–Crippen MR) is 70.9 cm³/mol. The highest BCUT2D eigenvalue weighted by Crippen LogP contribution is 2.39. The third-order valence-electron chi connectivity index (χ3n) is 2.81. The van der Waals surface area contributed by atoms with Crippen LogP contribution in [0.1, 0.15) is 5.56 Å². The van der Waals surface area contributed by atoms with Gasteiger partial charge in [-0.3, -0.25) is 0 Å². The normalized spacial score (nSPS) is 10.6. The molecule has 6 nitrogen and oxygen atoms in total. The smallest absolute Gasteiger partial charge is 0.203 e. The van der Waals surface area contributed by atoms with Gasteiger partial charge >= 0.3 is 0 Å². The number of methoxy groups -OCH3 is 3. The number of ether oxygens (including phenoxy) is 3. The minimum atomic E-state index is -0.363. The first-order valence-corrected chi connectivity index (χ1v) is 5.94. The number of aliphatic hydroxyl groups excluding tert-OH is 2. The van der Waals surface area contributed by atoms with Crippen LogP contribution in [0.5, 0.6) is 17.2 Å². The summed E-state index contributed by atoms with van der Waals surface area (Å²) in [4.78, 5) is 0. The Kier molecular flexibility index (Phi) is 6.41. The molecule has 6 heteroatoms. The Morgan fingerprint density at radius 3 is 2.11 bits per heavy atom. The van der Waals surface area contributed by atoms with Crippen molar-refractivity contribution < 1.29 is 24.4 Å². The average molecular weight is 271 g/mol. The van der Waals surface area contributed by atoms with E-state index in [1.807, 2.05) is 6.07 Å². The maximum atomic E-state index is 9.02. The fourth-order valence-electron chi connectivity index (χ4n) is 1.74. The number of hydrogen-bond donors (Lipinski definition) is 3. The highest BCUT2D eigenvalue weighted by atomic mass is 16.5. The van der Waals surface area contributed by atoms with Crippen molar-refractivity contribution in [2.24, 2.45) is 0 Å². The summed E-state index contributed by atoms with van der Waals surface area (Å²) in [5.74, 6) is 1.68. The second-order valence-corrected chi connectivity index (χ2v) is 3.94. The highest BCUT2D eigenvalue weighted by molar-refractivity contribution is 5.55. The van der Waals surface area contributed by atoms with E-state index in [-0.39, 0.29) is 19.3 Å². The van der Waals surface area contributed by atoms with Crippen LogP contribution >= 0.6 is 0 Å². The highest BCUT2D eigenvalue weighted by Gasteiger charge is 2.16. The van der Waals surface area contributed by atoms with Crippen molar-refractivity contribution in [3.05, 3.63) is 17.7 Å². The Morgan fingerprint density at radius 1 is 1.00 bits per heavy atom. The molecule has 0 atom stereocenters. The van der Waals surface area contributed by atoms with Crippen LogP contribution in [0.4, 0.5) is 0 Å². The topological polar surface area (TPSA) is 80.2 Å². The van der Waals surface area contributed by atoms with Crippen molar-refractivity contribution >= 4 is 0 Å². The molecule has 0 fully saturated rings. The Labute approximate surface area is 112 Å². The first-order chi connectivity index (χ1) is 9.21. The van der Waals surface area contributed by atoms with Crippen LogP contribution in [0.3, 0.4) is 0 Å². The van der Waals surface area contributed by atoms with Gasteiger partial charge in [0.05, 0.1) is 40.6 Å². The van der Waals surface area contributed by atoms with E-state index in [9.17, 15) is 0 Å². The Hall–Kier alpha value is -1.50. The van der Waals surface area contributed by atoms with Gasteiger partial charge in [0.1, 0.15) is 0 Å². The molecule has 0 spiro atoms. The molecule has 0 saturated heterocycles. The largest absolute Gasteiger partial charge is 0.493 e. The summed E-state index contributed by atoms with van der Waals surface area (Å²) >= 11 is 0. The van der Waals surface area contributed by atoms with Crippen molar-refractivity contribution in [1.82, 2.24) is 5.32 Å². The molecule has 0 aliphatic carbocycles. The van der Waals surface area contributed by atoms with E-state index >= 15 is 0 Å². The maximum absolute atomic E-state index is 9.02. The Bertz CT molecular complexity index is 393. The number of aliphatic hydroxyl groups is 2. The van der Waals surface area contributed by atoms with Crippen molar-refractivity contribution in [3.8, 4) is 17.2 Å². The zero-order valence-corrected chi connectivity index (χ0v) is 11.5. The third kappa shape index (κ3) is 3.73. The summed E-state index contributed by atoms with van der Waals surface area (Å²) in [6.07, 6.45) is 0. The van der Waals surface area contributed by atoms with Crippen molar-refractivity contribution in [1.29, 1.82) is 0 Å². The monoisotopic (exact) mass is 271 g/mol. The van der Waals surface area contributed by atoms with Gasteiger partial charge in [0.25, 0.3) is 0 Å². The molecule has 0 bridgehead atoms. The molecule has 0 saturated carbocycles. The van der Waals surface area contributed by atoms with Gasteiger partial charge in [-0.2, -0.15) is 0 Å². The molecular weight excluding hydrogens is 250 g/mol. The lowest BCUT2D eigenvalue weighted by Crippen LogP contribution is -2.35. The summed E-state index contributed by atoms with van der Waals surface area (Å²) in [5.41, 5.74) is 0.854. The zero-order chi connectivity index (χ0) is 14.3. The van der Waals surface area contributed by atoms with Crippen LogP contribution in [0, 0.1) is 0 Å². The summed E-state index contributed by atoms with van der Waals surface area (Å²) in [6.45, 7) is 0.174. The van der Waals surface area contributed by atoms with Crippen molar-refractivity contribution in [3.63, 3.8) is 0 Å². The Morgan fingerprint density at radius 2 is 1.63 bits per heavy atom. The van der Waals surface area contributed by atoms with Crippen LogP contribution in [-0.2, 0) is 6.54 Å². The van der Waals surface area contributed by atoms with Gasteiger partial charge in [-0.05, 0) is 6.07 Å². The second-order valence-electron chi connectivity index (χ2n) is 3.94. The molecule has 0 unspecified atom stereocenters. The fourth-order valence-corrected chi connectivity index (χ4v) is 1.74. The molecule has 19 heavy (non-hydrogen) atoms. The first-order valence-electron chi connectivity index (χ1n) is 5.94. The van der Waals surface area contributed by atoms with Crippen molar-refractivity contribution in [2.45, 2.75) is 12.6 Å². The van der Waals surface area contributed by atoms with Gasteiger partial charge < -0.3 is 29.7 Å². The molecular formula is C13H21NO5. The quantitative estimate of drug-likeness (QED) is 0.625. The van der Waals surface area contributed by atoms with Crippen LogP contribution in [0.15, 0.2) is 12.1 Å². The molecule has 0 aliphatic rings. The molecule has 1 aromatic carbocycles. The number of rotatable bonds is 8. The lowest BCUT2D eigenvalue weighted by molar-refractivity contribution is 0.170. The zero-order valence-electron chi connectivity index (χ0n) is 11.5. The van der Waals surface area contributed by atoms with Gasteiger partial charge in [0.15, 0.2) is 11.5 Å². The number of nitrogens with one attached hydrogen (secondary N) is 1. The lowest BCUT2D eigenvalue weighted by Gasteiger charge is -2.18. The second kappa shape index (κ2) is 7.83. The SMILES string of the molecule is COc1ccc(CNC(CO)CO)c(OC)c1OC. The maximum Gasteiger partial charge on any atom is 0.203 e. The molecule has 3 N–H and O–H groups in total. The predicted octanol–water partition coefficient (Wildman–Crippen LogP) is 0.155. The van der Waals surface area contributed by atoms with Gasteiger partial charge in [-0.1, -0.05) is 6.07 Å². The molecule has 0 aliphatic heterocycles. The molecule has 108 valence electrons. The molecule has 1 rings (SSSR count). The van der Waals surface area contributed by atoms with E-state index in [1.54, 1.807) is 27.4 Å². The van der Waals surface area contributed by atoms with Gasteiger partial charge in [0, 0.05) is 12.1 Å². The molecule has 0 heterocycles.